The standard InChI is InChI=1S/C17H22F3NO2S/c1-4-23-15(22)21-7-5-10-12(6-8-21)24-14-11(17(18,19)20)9-16(2,3)13(10)14/h11H,4-9H2,1-3H3/t11-/m0/s1. The molecule has 24 heavy (non-hydrogen) atoms. The van der Waals surface area contributed by atoms with Gasteiger partial charge in [0.1, 0.15) is 0 Å². The van der Waals surface area contributed by atoms with Crippen molar-refractivity contribution < 1.29 is 22.7 Å². The van der Waals surface area contributed by atoms with E-state index in [-0.39, 0.29) is 12.5 Å². The zero-order valence-corrected chi connectivity index (χ0v) is 14.9. The van der Waals surface area contributed by atoms with Crippen molar-refractivity contribution in [2.75, 3.05) is 19.7 Å². The number of carbonyl (C=O) groups excluding carboxylic acids is 1. The summed E-state index contributed by atoms with van der Waals surface area (Å²) in [6.07, 6.45) is -3.20. The number of rotatable bonds is 1. The molecule has 0 spiro atoms. The largest absolute Gasteiger partial charge is 0.450 e. The Balaban J connectivity index is 1.92. The van der Waals surface area contributed by atoms with E-state index in [0.717, 1.165) is 16.0 Å². The number of hydrogen-bond acceptors (Lipinski definition) is 3. The lowest BCUT2D eigenvalue weighted by molar-refractivity contribution is -0.151. The third-order valence-corrected chi connectivity index (χ3v) is 6.39. The average Bonchev–Trinajstić information content (AvgIpc) is 2.87. The van der Waals surface area contributed by atoms with E-state index in [0.29, 0.717) is 37.4 Å². The molecule has 3 rings (SSSR count). The molecule has 1 atom stereocenters. The van der Waals surface area contributed by atoms with E-state index in [1.807, 2.05) is 13.8 Å². The van der Waals surface area contributed by atoms with E-state index in [4.69, 9.17) is 4.74 Å². The smallest absolute Gasteiger partial charge is 0.409 e. The van der Waals surface area contributed by atoms with Gasteiger partial charge in [-0.3, -0.25) is 0 Å². The zero-order valence-electron chi connectivity index (χ0n) is 14.1. The maximum Gasteiger partial charge on any atom is 0.409 e. The minimum Gasteiger partial charge on any atom is -0.450 e. The molecule has 1 aliphatic carbocycles. The molecule has 1 aromatic rings. The van der Waals surface area contributed by atoms with Crippen LogP contribution in [0.2, 0.25) is 0 Å². The second-order valence-electron chi connectivity index (χ2n) is 7.11. The van der Waals surface area contributed by atoms with Crippen molar-refractivity contribution in [1.82, 2.24) is 4.90 Å². The molecular formula is C17H22F3NO2S. The van der Waals surface area contributed by atoms with Crippen molar-refractivity contribution in [3.8, 4) is 0 Å². The number of nitrogens with zero attached hydrogens (tertiary/aromatic N) is 1. The molecule has 0 fully saturated rings. The summed E-state index contributed by atoms with van der Waals surface area (Å²) in [5.41, 5.74) is 1.45. The Labute approximate surface area is 143 Å². The Morgan fingerprint density at radius 3 is 2.62 bits per heavy atom. The summed E-state index contributed by atoms with van der Waals surface area (Å²) in [6, 6.07) is 0. The van der Waals surface area contributed by atoms with Gasteiger partial charge in [-0.05, 0) is 42.7 Å². The Bertz CT molecular complexity index is 651. The van der Waals surface area contributed by atoms with Gasteiger partial charge in [-0.2, -0.15) is 13.2 Å². The van der Waals surface area contributed by atoms with E-state index in [1.54, 1.807) is 11.8 Å². The first-order valence-electron chi connectivity index (χ1n) is 8.28. The van der Waals surface area contributed by atoms with E-state index in [2.05, 4.69) is 0 Å². The maximum atomic E-state index is 13.4. The van der Waals surface area contributed by atoms with Gasteiger partial charge in [-0.1, -0.05) is 13.8 Å². The monoisotopic (exact) mass is 361 g/mol. The van der Waals surface area contributed by atoms with Gasteiger partial charge in [0.25, 0.3) is 0 Å². The van der Waals surface area contributed by atoms with Crippen LogP contribution in [0, 0.1) is 0 Å². The first kappa shape index (κ1) is 17.6. The van der Waals surface area contributed by atoms with Crippen LogP contribution < -0.4 is 0 Å². The fraction of sp³-hybridized carbons (Fsp3) is 0.706. The van der Waals surface area contributed by atoms with Crippen LogP contribution in [0.15, 0.2) is 0 Å². The topological polar surface area (TPSA) is 29.5 Å². The van der Waals surface area contributed by atoms with Gasteiger partial charge in [0.05, 0.1) is 12.5 Å². The summed E-state index contributed by atoms with van der Waals surface area (Å²) in [5.74, 6) is -1.35. The van der Waals surface area contributed by atoms with Crippen molar-refractivity contribution in [3.05, 3.63) is 20.9 Å². The second-order valence-corrected chi connectivity index (χ2v) is 8.25. The average molecular weight is 361 g/mol. The van der Waals surface area contributed by atoms with E-state index < -0.39 is 17.5 Å². The summed E-state index contributed by atoms with van der Waals surface area (Å²) in [5, 5.41) is 0. The molecule has 1 aliphatic heterocycles. The van der Waals surface area contributed by atoms with Crippen molar-refractivity contribution >= 4 is 17.4 Å². The van der Waals surface area contributed by atoms with E-state index in [9.17, 15) is 18.0 Å². The third-order valence-electron chi connectivity index (χ3n) is 4.99. The highest BCUT2D eigenvalue weighted by Crippen LogP contribution is 2.57. The fourth-order valence-electron chi connectivity index (χ4n) is 3.95. The maximum absolute atomic E-state index is 13.4. The highest BCUT2D eigenvalue weighted by atomic mass is 32.1. The molecule has 0 saturated heterocycles. The van der Waals surface area contributed by atoms with Crippen LogP contribution in [0.1, 0.15) is 54.0 Å². The minimum atomic E-state index is -4.19. The Hall–Kier alpha value is -1.24. The second kappa shape index (κ2) is 5.93. The Morgan fingerprint density at radius 1 is 1.33 bits per heavy atom. The van der Waals surface area contributed by atoms with Crippen LogP contribution in [0.25, 0.3) is 0 Å². The van der Waals surface area contributed by atoms with Gasteiger partial charge in [0, 0.05) is 22.8 Å². The predicted molar refractivity (Wildman–Crippen MR) is 86.8 cm³/mol. The SMILES string of the molecule is CCOC(=O)N1CCc2sc3c(c2CC1)C(C)(C)C[C@@H]3C(F)(F)F. The van der Waals surface area contributed by atoms with Gasteiger partial charge < -0.3 is 9.64 Å². The van der Waals surface area contributed by atoms with Crippen LogP contribution in [0.5, 0.6) is 0 Å². The molecule has 1 aromatic heterocycles. The van der Waals surface area contributed by atoms with E-state index >= 15 is 0 Å². The molecule has 7 heteroatoms. The van der Waals surface area contributed by atoms with Gasteiger partial charge >= 0.3 is 12.3 Å². The molecular weight excluding hydrogens is 339 g/mol. The number of carbonyl (C=O) groups is 1. The van der Waals surface area contributed by atoms with E-state index in [1.165, 1.54) is 11.3 Å². The fourth-order valence-corrected chi connectivity index (χ4v) is 5.60. The first-order chi connectivity index (χ1) is 11.1. The summed E-state index contributed by atoms with van der Waals surface area (Å²) < 4.78 is 45.3. The minimum absolute atomic E-state index is 0.118. The molecule has 0 aromatic carbocycles. The summed E-state index contributed by atoms with van der Waals surface area (Å²) >= 11 is 1.30. The summed E-state index contributed by atoms with van der Waals surface area (Å²) in [4.78, 5) is 15.1. The van der Waals surface area contributed by atoms with Crippen molar-refractivity contribution in [2.24, 2.45) is 0 Å². The molecule has 0 N–H and O–H groups in total. The van der Waals surface area contributed by atoms with Gasteiger partial charge in [0.2, 0.25) is 0 Å². The molecule has 134 valence electrons. The number of hydrogen-bond donors (Lipinski definition) is 0. The van der Waals surface area contributed by atoms with Gasteiger partial charge in [-0.25, -0.2) is 4.79 Å². The zero-order chi connectivity index (χ0) is 17.7. The third kappa shape index (κ3) is 2.91. The number of amides is 1. The van der Waals surface area contributed by atoms with Gasteiger partial charge in [0.15, 0.2) is 0 Å². The van der Waals surface area contributed by atoms with Crippen molar-refractivity contribution in [1.29, 1.82) is 0 Å². The van der Waals surface area contributed by atoms with Crippen LogP contribution in [-0.4, -0.2) is 36.9 Å². The molecule has 0 saturated carbocycles. The van der Waals surface area contributed by atoms with Crippen LogP contribution >= 0.6 is 11.3 Å². The highest BCUT2D eigenvalue weighted by molar-refractivity contribution is 7.12. The molecule has 0 bridgehead atoms. The lowest BCUT2D eigenvalue weighted by Gasteiger charge is -2.22. The quantitative estimate of drug-likeness (QED) is 0.730. The number of fused-ring (bicyclic) bond motifs is 3. The molecule has 2 aliphatic rings. The number of halogens is 3. The van der Waals surface area contributed by atoms with Crippen LogP contribution in [-0.2, 0) is 23.0 Å². The Morgan fingerprint density at radius 2 is 2.00 bits per heavy atom. The summed E-state index contributed by atoms with van der Waals surface area (Å²) in [7, 11) is 0. The molecule has 2 heterocycles. The van der Waals surface area contributed by atoms with Gasteiger partial charge in [-0.15, -0.1) is 11.3 Å². The van der Waals surface area contributed by atoms with Crippen LogP contribution in [0.4, 0.5) is 18.0 Å². The van der Waals surface area contributed by atoms with Crippen molar-refractivity contribution in [3.63, 3.8) is 0 Å². The highest BCUT2D eigenvalue weighted by Gasteiger charge is 2.52. The summed E-state index contributed by atoms with van der Waals surface area (Å²) in [6.45, 7) is 6.90. The molecule has 1 amide bonds. The normalized spacial score (nSPS) is 22.8. The predicted octanol–water partition coefficient (Wildman–Crippen LogP) is 4.63. The molecule has 0 radical (unpaired) electrons. The van der Waals surface area contributed by atoms with Crippen molar-refractivity contribution in [2.45, 2.75) is 57.5 Å². The lowest BCUT2D eigenvalue weighted by Crippen LogP contribution is -2.33. The lowest BCUT2D eigenvalue weighted by atomic mass is 9.83. The Kier molecular flexibility index (Phi) is 4.35. The number of ether oxygens (including phenoxy) is 1. The molecule has 3 nitrogen and oxygen atoms in total. The van der Waals surface area contributed by atoms with Crippen LogP contribution in [0.3, 0.4) is 0 Å². The molecule has 0 unspecified atom stereocenters. The number of thiophene rings is 1. The first-order valence-corrected chi connectivity index (χ1v) is 9.10. The number of alkyl halides is 3.